The summed E-state index contributed by atoms with van der Waals surface area (Å²) in [6.45, 7) is 0.203. The lowest BCUT2D eigenvalue weighted by atomic mass is 10.2. The van der Waals surface area contributed by atoms with Crippen molar-refractivity contribution in [1.29, 1.82) is 0 Å². The smallest absolute Gasteiger partial charge is 0.287 e. The third-order valence-electron chi connectivity index (χ3n) is 3.82. The van der Waals surface area contributed by atoms with Crippen molar-refractivity contribution in [3.05, 3.63) is 87.9 Å². The third-order valence-corrected chi connectivity index (χ3v) is 3.82. The van der Waals surface area contributed by atoms with E-state index >= 15 is 0 Å². The zero-order chi connectivity index (χ0) is 20.6. The van der Waals surface area contributed by atoms with Gasteiger partial charge in [0.1, 0.15) is 24.4 Å². The van der Waals surface area contributed by atoms with Crippen molar-refractivity contribution >= 4 is 17.7 Å². The molecule has 148 valence electrons. The number of hydrogen-bond acceptors (Lipinski definition) is 7. The largest absolute Gasteiger partial charge is 0.493 e. The van der Waals surface area contributed by atoms with Crippen LogP contribution >= 0.6 is 0 Å². The summed E-state index contributed by atoms with van der Waals surface area (Å²) >= 11 is 0. The maximum atomic E-state index is 13.3. The molecule has 0 aliphatic heterocycles. The number of halogens is 1. The molecule has 8 nitrogen and oxygen atoms in total. The summed E-state index contributed by atoms with van der Waals surface area (Å²) in [5.41, 5.74) is 4.03. The number of nitrogens with zero attached hydrogens (tertiary/aromatic N) is 3. The highest BCUT2D eigenvalue weighted by Crippen LogP contribution is 2.28. The second kappa shape index (κ2) is 9.27. The molecule has 0 aliphatic rings. The molecule has 0 fully saturated rings. The molecule has 1 aromatic heterocycles. The molecule has 3 aromatic rings. The molecule has 29 heavy (non-hydrogen) atoms. The van der Waals surface area contributed by atoms with Gasteiger partial charge in [-0.25, -0.2) is 9.37 Å². The molecule has 0 saturated carbocycles. The van der Waals surface area contributed by atoms with Crippen LogP contribution in [0.15, 0.2) is 65.9 Å². The predicted octanol–water partition coefficient (Wildman–Crippen LogP) is 4.16. The first kappa shape index (κ1) is 19.7. The Balaban J connectivity index is 1.63. The van der Waals surface area contributed by atoms with Gasteiger partial charge in [0.15, 0.2) is 11.5 Å². The van der Waals surface area contributed by atoms with E-state index in [1.165, 1.54) is 31.4 Å². The zero-order valence-corrected chi connectivity index (χ0v) is 15.4. The molecular weight excluding hydrogens is 379 g/mol. The number of anilines is 1. The normalized spacial score (nSPS) is 10.7. The van der Waals surface area contributed by atoms with Crippen molar-refractivity contribution in [2.75, 3.05) is 12.5 Å². The van der Waals surface area contributed by atoms with Gasteiger partial charge in [0, 0.05) is 6.07 Å². The monoisotopic (exact) mass is 396 g/mol. The molecule has 0 atom stereocenters. The number of hydrazone groups is 1. The van der Waals surface area contributed by atoms with E-state index in [1.54, 1.807) is 36.5 Å². The standard InChI is InChI=1S/C20H17FN4O4/c1-28-19-10-14(11-23-24-20-8-6-17(12-22-20)25(26)27)5-7-18(19)29-13-15-3-2-4-16(21)9-15/h2-12H,13H2,1H3,(H,22,24)/b23-11+. The Morgan fingerprint density at radius 1 is 1.21 bits per heavy atom. The van der Waals surface area contributed by atoms with Crippen molar-refractivity contribution in [3.63, 3.8) is 0 Å². The van der Waals surface area contributed by atoms with Crippen molar-refractivity contribution in [3.8, 4) is 11.5 Å². The molecule has 3 rings (SSSR count). The Labute approximate surface area is 165 Å². The van der Waals surface area contributed by atoms with Gasteiger partial charge in [-0.3, -0.25) is 15.5 Å². The first-order valence-electron chi connectivity index (χ1n) is 8.50. The third kappa shape index (κ3) is 5.48. The fourth-order valence-electron chi connectivity index (χ4n) is 2.40. The minimum atomic E-state index is -0.524. The van der Waals surface area contributed by atoms with Crippen LogP contribution in [0.5, 0.6) is 11.5 Å². The Morgan fingerprint density at radius 2 is 2.07 bits per heavy atom. The van der Waals surface area contributed by atoms with Crippen LogP contribution in [0.25, 0.3) is 0 Å². The molecule has 0 saturated heterocycles. The Hall–Kier alpha value is -4.01. The van der Waals surface area contributed by atoms with Gasteiger partial charge in [0.25, 0.3) is 5.69 Å². The van der Waals surface area contributed by atoms with Crippen LogP contribution in [0.1, 0.15) is 11.1 Å². The molecular formula is C20H17FN4O4. The van der Waals surface area contributed by atoms with Gasteiger partial charge in [-0.05, 0) is 47.5 Å². The van der Waals surface area contributed by atoms with E-state index < -0.39 is 4.92 Å². The topological polar surface area (TPSA) is 98.9 Å². The number of ether oxygens (including phenoxy) is 2. The van der Waals surface area contributed by atoms with Crippen molar-refractivity contribution < 1.29 is 18.8 Å². The second-order valence-electron chi connectivity index (χ2n) is 5.86. The second-order valence-corrected chi connectivity index (χ2v) is 5.86. The molecule has 0 unspecified atom stereocenters. The Morgan fingerprint density at radius 3 is 2.76 bits per heavy atom. The summed E-state index contributed by atoms with van der Waals surface area (Å²) in [5, 5.41) is 14.7. The first-order chi connectivity index (χ1) is 14.0. The minimum absolute atomic E-state index is 0.0990. The number of nitrogens with one attached hydrogen (secondary N) is 1. The highest BCUT2D eigenvalue weighted by Gasteiger charge is 2.07. The average Bonchev–Trinajstić information content (AvgIpc) is 2.73. The summed E-state index contributed by atoms with van der Waals surface area (Å²) < 4.78 is 24.3. The van der Waals surface area contributed by atoms with Gasteiger partial charge in [0.2, 0.25) is 0 Å². The number of hydrogen-bond donors (Lipinski definition) is 1. The molecule has 9 heteroatoms. The van der Waals surface area contributed by atoms with Crippen LogP contribution in [0.2, 0.25) is 0 Å². The summed E-state index contributed by atoms with van der Waals surface area (Å²) in [4.78, 5) is 14.0. The lowest BCUT2D eigenvalue weighted by Gasteiger charge is -2.11. The van der Waals surface area contributed by atoms with Crippen LogP contribution in [-0.4, -0.2) is 23.2 Å². The summed E-state index contributed by atoms with van der Waals surface area (Å²) in [7, 11) is 1.52. The number of aromatic nitrogens is 1. The van der Waals surface area contributed by atoms with E-state index in [1.807, 2.05) is 0 Å². The highest BCUT2D eigenvalue weighted by atomic mass is 19.1. The van der Waals surface area contributed by atoms with Gasteiger partial charge in [0.05, 0.1) is 18.2 Å². The SMILES string of the molecule is COc1cc(/C=N/Nc2ccc([N+](=O)[O-])cn2)ccc1OCc1cccc(F)c1. The van der Waals surface area contributed by atoms with Crippen LogP contribution in [0.3, 0.4) is 0 Å². The molecule has 2 aromatic carbocycles. The van der Waals surface area contributed by atoms with Crippen molar-refractivity contribution in [2.24, 2.45) is 5.10 Å². The molecule has 0 amide bonds. The van der Waals surface area contributed by atoms with Crippen molar-refractivity contribution in [2.45, 2.75) is 6.61 Å². The van der Waals surface area contributed by atoms with E-state index in [0.717, 1.165) is 11.8 Å². The lowest BCUT2D eigenvalue weighted by molar-refractivity contribution is -0.385. The highest BCUT2D eigenvalue weighted by molar-refractivity contribution is 5.81. The molecule has 1 heterocycles. The Bertz CT molecular complexity index is 1030. The molecule has 1 N–H and O–H groups in total. The number of benzene rings is 2. The van der Waals surface area contributed by atoms with Gasteiger partial charge < -0.3 is 9.47 Å². The van der Waals surface area contributed by atoms with Crippen LogP contribution in [0, 0.1) is 15.9 Å². The summed E-state index contributed by atoms with van der Waals surface area (Å²) in [5.74, 6) is 1.06. The number of nitro groups is 1. The van der Waals surface area contributed by atoms with Crippen molar-refractivity contribution in [1.82, 2.24) is 4.98 Å². The molecule has 0 radical (unpaired) electrons. The summed E-state index contributed by atoms with van der Waals surface area (Å²) in [6.07, 6.45) is 2.69. The average molecular weight is 396 g/mol. The molecule has 0 aliphatic carbocycles. The maximum absolute atomic E-state index is 13.3. The van der Waals surface area contributed by atoms with Gasteiger partial charge in [-0.1, -0.05) is 12.1 Å². The fourth-order valence-corrected chi connectivity index (χ4v) is 2.40. The van der Waals surface area contributed by atoms with E-state index in [4.69, 9.17) is 9.47 Å². The number of pyridine rings is 1. The van der Waals surface area contributed by atoms with Crippen LogP contribution < -0.4 is 14.9 Å². The maximum Gasteiger partial charge on any atom is 0.287 e. The van der Waals surface area contributed by atoms with Crippen LogP contribution in [0.4, 0.5) is 15.9 Å². The quantitative estimate of drug-likeness (QED) is 0.349. The fraction of sp³-hybridized carbons (Fsp3) is 0.100. The van der Waals surface area contributed by atoms with Gasteiger partial charge >= 0.3 is 0 Å². The number of rotatable bonds is 8. The van der Waals surface area contributed by atoms with Crippen LogP contribution in [-0.2, 0) is 6.61 Å². The minimum Gasteiger partial charge on any atom is -0.493 e. The van der Waals surface area contributed by atoms with E-state index in [2.05, 4.69) is 15.5 Å². The summed E-state index contributed by atoms with van der Waals surface area (Å²) in [6, 6.07) is 14.2. The lowest BCUT2D eigenvalue weighted by Crippen LogP contribution is -1.99. The molecule has 0 bridgehead atoms. The first-order valence-corrected chi connectivity index (χ1v) is 8.50. The van der Waals surface area contributed by atoms with Gasteiger partial charge in [-0.2, -0.15) is 5.10 Å². The van der Waals surface area contributed by atoms with Gasteiger partial charge in [-0.15, -0.1) is 0 Å². The van der Waals surface area contributed by atoms with E-state index in [-0.39, 0.29) is 18.1 Å². The van der Waals surface area contributed by atoms with E-state index in [0.29, 0.717) is 22.9 Å². The molecule has 0 spiro atoms. The Kier molecular flexibility index (Phi) is 6.31. The zero-order valence-electron chi connectivity index (χ0n) is 15.4. The predicted molar refractivity (Wildman–Crippen MR) is 106 cm³/mol. The van der Waals surface area contributed by atoms with E-state index in [9.17, 15) is 14.5 Å². The number of methoxy groups -OCH3 is 1.